The van der Waals surface area contributed by atoms with E-state index < -0.39 is 0 Å². The van der Waals surface area contributed by atoms with Gasteiger partial charge in [0, 0.05) is 31.1 Å². The van der Waals surface area contributed by atoms with Crippen LogP contribution in [0.3, 0.4) is 0 Å². The first-order chi connectivity index (χ1) is 15.6. The first kappa shape index (κ1) is 22.1. The van der Waals surface area contributed by atoms with E-state index in [4.69, 9.17) is 4.74 Å². The van der Waals surface area contributed by atoms with Crippen LogP contribution in [-0.4, -0.2) is 42.5 Å². The lowest BCUT2D eigenvalue weighted by Gasteiger charge is -2.28. The molecule has 0 radical (unpaired) electrons. The molecule has 4 heteroatoms. The van der Waals surface area contributed by atoms with Crippen molar-refractivity contribution in [3.8, 4) is 5.75 Å². The Morgan fingerprint density at radius 1 is 1.09 bits per heavy atom. The van der Waals surface area contributed by atoms with Crippen LogP contribution < -0.4 is 4.74 Å². The third kappa shape index (κ3) is 4.71. The third-order valence-electron chi connectivity index (χ3n) is 6.28. The third-order valence-corrected chi connectivity index (χ3v) is 6.28. The molecule has 1 aromatic carbocycles. The van der Waals surface area contributed by atoms with Gasteiger partial charge in [0.25, 0.3) is 5.91 Å². The summed E-state index contributed by atoms with van der Waals surface area (Å²) in [5.41, 5.74) is 6.44. The van der Waals surface area contributed by atoms with E-state index in [0.717, 1.165) is 67.1 Å². The molecular formula is C28H32N2O2. The number of allylic oxidation sites excluding steroid dienone is 7. The van der Waals surface area contributed by atoms with Crippen molar-refractivity contribution >= 4 is 11.5 Å². The SMILES string of the molecule is CCCc1cc(C2=C\C(=O)N3C=C(C4=CCN(CC)CC4)C=C\C3=C/C=C/2)ccc1OC. The number of benzene rings is 1. The zero-order chi connectivity index (χ0) is 22.5. The van der Waals surface area contributed by atoms with Crippen molar-refractivity contribution in [3.05, 3.63) is 94.9 Å². The minimum atomic E-state index is -0.0306. The number of carbonyl (C=O) groups is 1. The van der Waals surface area contributed by atoms with Crippen molar-refractivity contribution in [1.82, 2.24) is 9.80 Å². The normalized spacial score (nSPS) is 23.1. The van der Waals surface area contributed by atoms with Gasteiger partial charge in [-0.25, -0.2) is 0 Å². The second kappa shape index (κ2) is 10.0. The number of fused-ring (bicyclic) bond motifs is 1. The zero-order valence-electron chi connectivity index (χ0n) is 19.3. The van der Waals surface area contributed by atoms with E-state index in [0.29, 0.717) is 0 Å². The molecule has 0 aliphatic carbocycles. The Morgan fingerprint density at radius 3 is 2.69 bits per heavy atom. The lowest BCUT2D eigenvalue weighted by molar-refractivity contribution is -0.122. The number of likely N-dealkylation sites (N-methyl/N-ethyl adjacent to an activating group) is 1. The van der Waals surface area contributed by atoms with Crippen LogP contribution in [0.2, 0.25) is 0 Å². The Hall–Kier alpha value is -3.11. The fourth-order valence-corrected chi connectivity index (χ4v) is 4.39. The van der Waals surface area contributed by atoms with Gasteiger partial charge >= 0.3 is 0 Å². The number of hydrogen-bond acceptors (Lipinski definition) is 3. The van der Waals surface area contributed by atoms with Gasteiger partial charge < -0.3 is 4.74 Å². The maximum atomic E-state index is 13.3. The molecule has 0 aromatic heterocycles. The molecule has 0 saturated carbocycles. The van der Waals surface area contributed by atoms with Crippen LogP contribution in [0.25, 0.3) is 5.57 Å². The van der Waals surface area contributed by atoms with Crippen molar-refractivity contribution in [2.45, 2.75) is 33.1 Å². The van der Waals surface area contributed by atoms with Crippen LogP contribution in [0.4, 0.5) is 0 Å². The minimum absolute atomic E-state index is 0.0306. The van der Waals surface area contributed by atoms with E-state index in [9.17, 15) is 4.79 Å². The Labute approximate surface area is 191 Å². The molecular weight excluding hydrogens is 396 g/mol. The van der Waals surface area contributed by atoms with Gasteiger partial charge in [0.2, 0.25) is 0 Å². The molecule has 0 saturated heterocycles. The maximum absolute atomic E-state index is 13.3. The fourth-order valence-electron chi connectivity index (χ4n) is 4.39. The molecule has 0 bridgehead atoms. The summed E-state index contributed by atoms with van der Waals surface area (Å²) in [6.07, 6.45) is 19.2. The molecule has 0 fully saturated rings. The molecule has 3 heterocycles. The summed E-state index contributed by atoms with van der Waals surface area (Å²) in [5, 5.41) is 0. The molecule has 0 spiro atoms. The minimum Gasteiger partial charge on any atom is -0.496 e. The van der Waals surface area contributed by atoms with Crippen LogP contribution in [0, 0.1) is 0 Å². The average molecular weight is 429 g/mol. The number of carbonyl (C=O) groups excluding carboxylic acids is 1. The Morgan fingerprint density at radius 2 is 1.97 bits per heavy atom. The van der Waals surface area contributed by atoms with Gasteiger partial charge in [-0.15, -0.1) is 0 Å². The second-order valence-electron chi connectivity index (χ2n) is 8.33. The Balaban J connectivity index is 1.63. The molecule has 1 aromatic rings. The predicted octanol–water partition coefficient (Wildman–Crippen LogP) is 5.42. The van der Waals surface area contributed by atoms with Crippen molar-refractivity contribution in [2.75, 3.05) is 26.7 Å². The quantitative estimate of drug-likeness (QED) is 0.607. The van der Waals surface area contributed by atoms with Crippen molar-refractivity contribution < 1.29 is 9.53 Å². The molecule has 3 aliphatic heterocycles. The summed E-state index contributed by atoms with van der Waals surface area (Å²) >= 11 is 0. The van der Waals surface area contributed by atoms with Crippen LogP contribution in [0.5, 0.6) is 5.75 Å². The Kier molecular flexibility index (Phi) is 6.91. The zero-order valence-corrected chi connectivity index (χ0v) is 19.3. The molecule has 4 nitrogen and oxygen atoms in total. The van der Waals surface area contributed by atoms with Gasteiger partial charge in [0.05, 0.1) is 7.11 Å². The monoisotopic (exact) mass is 428 g/mol. The maximum Gasteiger partial charge on any atom is 0.255 e. The number of methoxy groups -OCH3 is 1. The topological polar surface area (TPSA) is 32.8 Å². The fraction of sp³-hybridized carbons (Fsp3) is 0.321. The molecule has 0 N–H and O–H groups in total. The van der Waals surface area contributed by atoms with E-state index >= 15 is 0 Å². The highest BCUT2D eigenvalue weighted by Crippen LogP contribution is 2.30. The molecule has 0 atom stereocenters. The lowest BCUT2D eigenvalue weighted by Crippen LogP contribution is -2.30. The summed E-state index contributed by atoms with van der Waals surface area (Å²) in [7, 11) is 1.70. The van der Waals surface area contributed by atoms with Crippen molar-refractivity contribution in [3.63, 3.8) is 0 Å². The number of amides is 1. The highest BCUT2D eigenvalue weighted by molar-refractivity contribution is 6.00. The van der Waals surface area contributed by atoms with Gasteiger partial charge in [-0.3, -0.25) is 14.6 Å². The number of nitrogens with zero attached hydrogens (tertiary/aromatic N) is 2. The molecule has 3 aliphatic rings. The van der Waals surface area contributed by atoms with Crippen molar-refractivity contribution in [2.24, 2.45) is 0 Å². The van der Waals surface area contributed by atoms with Gasteiger partial charge in [-0.1, -0.05) is 50.6 Å². The summed E-state index contributed by atoms with van der Waals surface area (Å²) in [6.45, 7) is 7.46. The van der Waals surface area contributed by atoms with Crippen LogP contribution in [0.15, 0.2) is 83.8 Å². The standard InChI is InChI=1S/C28H32N2O2/c1-4-7-24-18-23(11-13-27(24)32-3)22-8-6-9-26-12-10-25(20-30(26)28(31)19-22)21-14-16-29(5-2)17-15-21/h6,8-14,18-20H,4-5,7,15-17H2,1-3H3/b8-6+,22-19+,26-9+. The second-order valence-corrected chi connectivity index (χ2v) is 8.33. The van der Waals surface area contributed by atoms with Gasteiger partial charge in [0.15, 0.2) is 0 Å². The lowest BCUT2D eigenvalue weighted by atomic mass is 9.96. The number of rotatable bonds is 6. The predicted molar refractivity (Wildman–Crippen MR) is 131 cm³/mol. The average Bonchev–Trinajstić information content (AvgIpc) is 2.82. The molecule has 0 unspecified atom stereocenters. The Bertz CT molecular complexity index is 1070. The van der Waals surface area contributed by atoms with E-state index in [1.165, 1.54) is 11.1 Å². The molecule has 4 rings (SSSR count). The smallest absolute Gasteiger partial charge is 0.255 e. The van der Waals surface area contributed by atoms with Gasteiger partial charge in [-0.05, 0) is 71.5 Å². The number of hydrogen-bond donors (Lipinski definition) is 0. The first-order valence-corrected chi connectivity index (χ1v) is 11.5. The highest BCUT2D eigenvalue weighted by Gasteiger charge is 2.21. The van der Waals surface area contributed by atoms with Crippen molar-refractivity contribution in [1.29, 1.82) is 0 Å². The summed E-state index contributed by atoms with van der Waals surface area (Å²) in [5.74, 6) is 0.868. The number of aryl methyl sites for hydroxylation is 1. The molecule has 32 heavy (non-hydrogen) atoms. The largest absolute Gasteiger partial charge is 0.496 e. The van der Waals surface area contributed by atoms with Gasteiger partial charge in [-0.2, -0.15) is 0 Å². The molecule has 166 valence electrons. The van der Waals surface area contributed by atoms with Crippen LogP contribution in [-0.2, 0) is 11.2 Å². The van der Waals surface area contributed by atoms with Gasteiger partial charge in [0.1, 0.15) is 5.75 Å². The number of ether oxygens (including phenoxy) is 1. The van der Waals surface area contributed by atoms with E-state index in [1.54, 1.807) is 18.1 Å². The summed E-state index contributed by atoms with van der Waals surface area (Å²) in [6, 6.07) is 6.16. The highest BCUT2D eigenvalue weighted by atomic mass is 16.5. The van der Waals surface area contributed by atoms with E-state index in [1.807, 2.05) is 42.6 Å². The van der Waals surface area contributed by atoms with Crippen LogP contribution >= 0.6 is 0 Å². The van der Waals surface area contributed by atoms with E-state index in [2.05, 4.69) is 37.0 Å². The molecule has 1 amide bonds. The summed E-state index contributed by atoms with van der Waals surface area (Å²) < 4.78 is 5.51. The first-order valence-electron chi connectivity index (χ1n) is 11.5. The van der Waals surface area contributed by atoms with E-state index in [-0.39, 0.29) is 5.91 Å². The van der Waals surface area contributed by atoms with Crippen LogP contribution in [0.1, 0.15) is 37.8 Å². The summed E-state index contributed by atoms with van der Waals surface area (Å²) in [4.78, 5) is 17.5.